The number of thioether (sulfide) groups is 1. The molecule has 0 bridgehead atoms. The van der Waals surface area contributed by atoms with Crippen molar-refractivity contribution >= 4 is 21.6 Å². The van der Waals surface area contributed by atoms with Gasteiger partial charge in [-0.25, -0.2) is 8.42 Å². The average Bonchev–Trinajstić information content (AvgIpc) is 2.40. The Morgan fingerprint density at radius 3 is 2.30 bits per heavy atom. The first-order chi connectivity index (χ1) is 9.36. The number of aromatic amines is 2. The minimum absolute atomic E-state index is 0.267. The fourth-order valence-corrected chi connectivity index (χ4v) is 2.93. The molecule has 0 unspecified atom stereocenters. The van der Waals surface area contributed by atoms with Gasteiger partial charge in [0.05, 0.1) is 9.92 Å². The second kappa shape index (κ2) is 5.68. The van der Waals surface area contributed by atoms with E-state index in [0.717, 1.165) is 11.8 Å². The molecular weight excluding hydrogens is 300 g/mol. The standard InChI is InChI=1S/C12H12N2O4S2/c1-20(17,18)9-4-2-8(3-5-9)7-19-10-6-13-11(15)12(16)14-10/h2-6H,7H2,1H3,(H,13,15)(H,14,16). The van der Waals surface area contributed by atoms with E-state index in [4.69, 9.17) is 0 Å². The van der Waals surface area contributed by atoms with Crippen LogP contribution in [0.1, 0.15) is 5.56 Å². The summed E-state index contributed by atoms with van der Waals surface area (Å²) in [5, 5.41) is 0.543. The Morgan fingerprint density at radius 2 is 1.75 bits per heavy atom. The molecule has 0 fully saturated rings. The first-order valence-corrected chi connectivity index (χ1v) is 8.48. The molecule has 2 aromatic rings. The lowest BCUT2D eigenvalue weighted by molar-refractivity contribution is 0.602. The lowest BCUT2D eigenvalue weighted by Gasteiger charge is -2.03. The molecule has 2 N–H and O–H groups in total. The molecule has 0 saturated heterocycles. The van der Waals surface area contributed by atoms with Gasteiger partial charge in [-0.2, -0.15) is 0 Å². The van der Waals surface area contributed by atoms with Crippen molar-refractivity contribution < 1.29 is 8.42 Å². The van der Waals surface area contributed by atoms with Gasteiger partial charge in [0.2, 0.25) is 0 Å². The van der Waals surface area contributed by atoms with Crippen LogP contribution in [0.15, 0.2) is 50.0 Å². The average molecular weight is 312 g/mol. The van der Waals surface area contributed by atoms with Gasteiger partial charge in [0.25, 0.3) is 0 Å². The number of H-pyrrole nitrogens is 2. The predicted octanol–water partition coefficient (Wildman–Crippen LogP) is 0.759. The zero-order valence-corrected chi connectivity index (χ0v) is 12.2. The third-order valence-corrected chi connectivity index (χ3v) is 4.66. The number of aromatic nitrogens is 2. The Hall–Kier alpha value is -1.80. The molecule has 1 aromatic heterocycles. The predicted molar refractivity (Wildman–Crippen MR) is 76.8 cm³/mol. The van der Waals surface area contributed by atoms with Crippen LogP contribution in [0.5, 0.6) is 0 Å². The highest BCUT2D eigenvalue weighted by Crippen LogP contribution is 2.20. The molecule has 1 heterocycles. The highest BCUT2D eigenvalue weighted by atomic mass is 32.2. The largest absolute Gasteiger partial charge is 0.322 e. The molecule has 2 rings (SSSR count). The lowest BCUT2D eigenvalue weighted by Crippen LogP contribution is -2.28. The molecule has 0 spiro atoms. The highest BCUT2D eigenvalue weighted by molar-refractivity contribution is 7.98. The second-order valence-electron chi connectivity index (χ2n) is 4.14. The van der Waals surface area contributed by atoms with E-state index in [1.807, 2.05) is 0 Å². The Balaban J connectivity index is 2.09. The van der Waals surface area contributed by atoms with E-state index in [1.165, 1.54) is 18.0 Å². The van der Waals surface area contributed by atoms with Crippen molar-refractivity contribution in [1.82, 2.24) is 9.97 Å². The van der Waals surface area contributed by atoms with Crippen molar-refractivity contribution in [3.63, 3.8) is 0 Å². The monoisotopic (exact) mass is 312 g/mol. The summed E-state index contributed by atoms with van der Waals surface area (Å²) in [5.74, 6) is 0.548. The molecule has 8 heteroatoms. The minimum atomic E-state index is -3.19. The van der Waals surface area contributed by atoms with Crippen molar-refractivity contribution in [2.45, 2.75) is 15.7 Å². The summed E-state index contributed by atoms with van der Waals surface area (Å²) in [5.41, 5.74) is -0.469. The Bertz CT molecular complexity index is 820. The van der Waals surface area contributed by atoms with Gasteiger partial charge >= 0.3 is 11.1 Å². The quantitative estimate of drug-likeness (QED) is 0.641. The topological polar surface area (TPSA) is 99.9 Å². The third kappa shape index (κ3) is 3.61. The minimum Gasteiger partial charge on any atom is -0.322 e. The molecule has 1 aromatic carbocycles. The van der Waals surface area contributed by atoms with Crippen molar-refractivity contribution in [3.8, 4) is 0 Å². The summed E-state index contributed by atoms with van der Waals surface area (Å²) in [7, 11) is -3.19. The van der Waals surface area contributed by atoms with Crippen LogP contribution in [0.3, 0.4) is 0 Å². The van der Waals surface area contributed by atoms with Crippen molar-refractivity contribution in [1.29, 1.82) is 0 Å². The Kier molecular flexibility index (Phi) is 4.15. The van der Waals surface area contributed by atoms with Gasteiger partial charge in [-0.15, -0.1) is 11.8 Å². The van der Waals surface area contributed by atoms with E-state index in [2.05, 4.69) is 9.97 Å². The molecule has 20 heavy (non-hydrogen) atoms. The maximum Gasteiger partial charge on any atom is 0.314 e. The van der Waals surface area contributed by atoms with E-state index in [0.29, 0.717) is 10.8 Å². The zero-order valence-electron chi connectivity index (χ0n) is 10.5. The van der Waals surface area contributed by atoms with E-state index < -0.39 is 21.0 Å². The van der Waals surface area contributed by atoms with Crippen LogP contribution in [0, 0.1) is 0 Å². The van der Waals surface area contributed by atoms with Crippen LogP contribution in [-0.4, -0.2) is 24.6 Å². The molecular formula is C12H12N2O4S2. The Morgan fingerprint density at radius 1 is 1.10 bits per heavy atom. The maximum absolute atomic E-state index is 11.3. The molecule has 106 valence electrons. The van der Waals surface area contributed by atoms with Crippen molar-refractivity contribution in [2.75, 3.05) is 6.26 Å². The van der Waals surface area contributed by atoms with Crippen LogP contribution in [0.2, 0.25) is 0 Å². The smallest absolute Gasteiger partial charge is 0.314 e. The zero-order chi connectivity index (χ0) is 14.8. The number of hydrogen-bond donors (Lipinski definition) is 2. The molecule has 6 nitrogen and oxygen atoms in total. The van der Waals surface area contributed by atoms with Crippen LogP contribution in [-0.2, 0) is 15.6 Å². The van der Waals surface area contributed by atoms with Gasteiger partial charge in [0.15, 0.2) is 9.84 Å². The summed E-state index contributed by atoms with van der Waals surface area (Å²) < 4.78 is 22.6. The fraction of sp³-hybridized carbons (Fsp3) is 0.167. The van der Waals surface area contributed by atoms with Crippen LogP contribution in [0.25, 0.3) is 0 Å². The van der Waals surface area contributed by atoms with E-state index in [-0.39, 0.29) is 4.90 Å². The normalized spacial score (nSPS) is 11.4. The number of rotatable bonds is 4. The van der Waals surface area contributed by atoms with E-state index >= 15 is 0 Å². The highest BCUT2D eigenvalue weighted by Gasteiger charge is 2.06. The van der Waals surface area contributed by atoms with E-state index in [9.17, 15) is 18.0 Å². The van der Waals surface area contributed by atoms with Crippen LogP contribution >= 0.6 is 11.8 Å². The summed E-state index contributed by atoms with van der Waals surface area (Å²) in [6, 6.07) is 6.52. The fourth-order valence-electron chi connectivity index (χ4n) is 1.47. The molecule has 0 aliphatic heterocycles. The number of sulfone groups is 1. The molecule has 0 saturated carbocycles. The second-order valence-corrected chi connectivity index (χ2v) is 7.17. The molecule has 0 aliphatic rings. The molecule has 0 radical (unpaired) electrons. The van der Waals surface area contributed by atoms with E-state index in [1.54, 1.807) is 24.3 Å². The lowest BCUT2D eigenvalue weighted by atomic mass is 10.2. The summed E-state index contributed by atoms with van der Waals surface area (Å²) in [6.45, 7) is 0. The molecule has 0 atom stereocenters. The number of nitrogens with one attached hydrogen (secondary N) is 2. The first kappa shape index (κ1) is 14.6. The van der Waals surface area contributed by atoms with Gasteiger partial charge in [0.1, 0.15) is 0 Å². The van der Waals surface area contributed by atoms with Gasteiger partial charge in [-0.05, 0) is 17.7 Å². The van der Waals surface area contributed by atoms with Crippen molar-refractivity contribution in [3.05, 3.63) is 56.7 Å². The summed E-state index contributed by atoms with van der Waals surface area (Å²) in [6.07, 6.45) is 2.58. The van der Waals surface area contributed by atoms with Crippen LogP contribution in [0.4, 0.5) is 0 Å². The maximum atomic E-state index is 11.3. The summed E-state index contributed by atoms with van der Waals surface area (Å²) >= 11 is 1.33. The summed E-state index contributed by atoms with van der Waals surface area (Å²) in [4.78, 5) is 27.1. The SMILES string of the molecule is CS(=O)(=O)c1ccc(CSc2c[nH]c(=O)c(=O)[nH]2)cc1. The van der Waals surface area contributed by atoms with Crippen LogP contribution < -0.4 is 11.1 Å². The Labute approximate surface area is 119 Å². The molecule has 0 amide bonds. The van der Waals surface area contributed by atoms with Crippen molar-refractivity contribution in [2.24, 2.45) is 0 Å². The number of benzene rings is 1. The molecule has 0 aliphatic carbocycles. The van der Waals surface area contributed by atoms with Gasteiger partial charge < -0.3 is 9.97 Å². The van der Waals surface area contributed by atoms with Gasteiger partial charge in [-0.3, -0.25) is 9.59 Å². The third-order valence-electron chi connectivity index (χ3n) is 2.52. The van der Waals surface area contributed by atoms with Gasteiger partial charge in [-0.1, -0.05) is 12.1 Å². The number of hydrogen-bond acceptors (Lipinski definition) is 5. The van der Waals surface area contributed by atoms with Gasteiger partial charge in [0, 0.05) is 18.2 Å². The first-order valence-electron chi connectivity index (χ1n) is 5.60.